The monoisotopic (exact) mass is 339 g/mol. The van der Waals surface area contributed by atoms with E-state index in [1.807, 2.05) is 39.0 Å². The predicted octanol–water partition coefficient (Wildman–Crippen LogP) is 4.96. The van der Waals surface area contributed by atoms with Crippen LogP contribution in [-0.2, 0) is 4.79 Å². The van der Waals surface area contributed by atoms with E-state index in [2.05, 4.69) is 44.3 Å². The van der Waals surface area contributed by atoms with Crippen LogP contribution < -0.4 is 10.1 Å². The van der Waals surface area contributed by atoms with Gasteiger partial charge >= 0.3 is 0 Å². The highest BCUT2D eigenvalue weighted by molar-refractivity contribution is 5.81. The van der Waals surface area contributed by atoms with Gasteiger partial charge in [-0.2, -0.15) is 0 Å². The fraction of sp³-hybridized carbons (Fsp3) is 0.409. The number of benzene rings is 2. The van der Waals surface area contributed by atoms with Crippen molar-refractivity contribution < 1.29 is 9.53 Å². The lowest BCUT2D eigenvalue weighted by Gasteiger charge is -2.22. The van der Waals surface area contributed by atoms with Gasteiger partial charge in [0.2, 0.25) is 0 Å². The molecular weight excluding hydrogens is 310 g/mol. The van der Waals surface area contributed by atoms with Crippen LogP contribution in [0.15, 0.2) is 36.4 Å². The lowest BCUT2D eigenvalue weighted by Crippen LogP contribution is -2.39. The summed E-state index contributed by atoms with van der Waals surface area (Å²) >= 11 is 0. The van der Waals surface area contributed by atoms with Gasteiger partial charge in [0, 0.05) is 0 Å². The minimum atomic E-state index is -0.491. The molecule has 2 aromatic rings. The summed E-state index contributed by atoms with van der Waals surface area (Å²) in [7, 11) is 0. The standard InChI is InChI=1S/C22H29NO2/c1-7-21(25-19-11-10-15(3)17(5)13-19)22(24)23-18(6)20-12-14(2)8-9-16(20)4/h8-13,18,21H,7H2,1-6H3,(H,23,24). The van der Waals surface area contributed by atoms with Gasteiger partial charge in [0.1, 0.15) is 5.75 Å². The van der Waals surface area contributed by atoms with E-state index < -0.39 is 6.10 Å². The molecule has 1 N–H and O–H groups in total. The van der Waals surface area contributed by atoms with Gasteiger partial charge in [-0.05, 0) is 75.4 Å². The third-order valence-electron chi connectivity index (χ3n) is 4.68. The number of ether oxygens (including phenoxy) is 1. The zero-order chi connectivity index (χ0) is 18.6. The topological polar surface area (TPSA) is 38.3 Å². The first kappa shape index (κ1) is 19.0. The number of carbonyl (C=O) groups is 1. The van der Waals surface area contributed by atoms with Crippen molar-refractivity contribution in [1.82, 2.24) is 5.32 Å². The molecule has 2 aromatic carbocycles. The molecule has 0 aromatic heterocycles. The van der Waals surface area contributed by atoms with E-state index in [1.54, 1.807) is 0 Å². The molecule has 0 radical (unpaired) electrons. The van der Waals surface area contributed by atoms with Gasteiger partial charge in [0.05, 0.1) is 6.04 Å². The van der Waals surface area contributed by atoms with Crippen molar-refractivity contribution in [2.24, 2.45) is 0 Å². The number of carbonyl (C=O) groups excluding carboxylic acids is 1. The van der Waals surface area contributed by atoms with Crippen LogP contribution in [0.2, 0.25) is 0 Å². The second-order valence-corrected chi connectivity index (χ2v) is 6.85. The van der Waals surface area contributed by atoms with Crippen molar-refractivity contribution in [3.63, 3.8) is 0 Å². The molecule has 1 amide bonds. The number of hydrogen-bond donors (Lipinski definition) is 1. The van der Waals surface area contributed by atoms with Crippen molar-refractivity contribution in [3.05, 3.63) is 64.2 Å². The second kappa shape index (κ2) is 8.19. The van der Waals surface area contributed by atoms with Crippen LogP contribution in [0.4, 0.5) is 0 Å². The third-order valence-corrected chi connectivity index (χ3v) is 4.68. The van der Waals surface area contributed by atoms with Crippen molar-refractivity contribution >= 4 is 5.91 Å². The smallest absolute Gasteiger partial charge is 0.261 e. The molecule has 0 aliphatic carbocycles. The first-order valence-electron chi connectivity index (χ1n) is 8.93. The lowest BCUT2D eigenvalue weighted by molar-refractivity contribution is -0.128. The zero-order valence-electron chi connectivity index (χ0n) is 16.1. The number of nitrogens with one attached hydrogen (secondary N) is 1. The summed E-state index contributed by atoms with van der Waals surface area (Å²) in [5.41, 5.74) is 5.90. The normalized spacial score (nSPS) is 13.2. The van der Waals surface area contributed by atoms with Gasteiger partial charge in [-0.15, -0.1) is 0 Å². The average molecular weight is 339 g/mol. The van der Waals surface area contributed by atoms with Gasteiger partial charge in [0.25, 0.3) is 5.91 Å². The van der Waals surface area contributed by atoms with Crippen LogP contribution in [0.25, 0.3) is 0 Å². The molecule has 3 nitrogen and oxygen atoms in total. The molecule has 0 aliphatic heterocycles. The van der Waals surface area contributed by atoms with Crippen LogP contribution in [0.5, 0.6) is 5.75 Å². The Balaban J connectivity index is 2.08. The Morgan fingerprint density at radius 3 is 2.32 bits per heavy atom. The van der Waals surface area contributed by atoms with Crippen LogP contribution in [0, 0.1) is 27.7 Å². The fourth-order valence-corrected chi connectivity index (χ4v) is 2.88. The molecule has 25 heavy (non-hydrogen) atoms. The summed E-state index contributed by atoms with van der Waals surface area (Å²) in [6.45, 7) is 12.2. The van der Waals surface area contributed by atoms with Gasteiger partial charge in [-0.3, -0.25) is 4.79 Å². The SMILES string of the molecule is CCC(Oc1ccc(C)c(C)c1)C(=O)NC(C)c1cc(C)ccc1C. The molecule has 0 saturated carbocycles. The summed E-state index contributed by atoms with van der Waals surface area (Å²) in [6, 6.07) is 12.2. The van der Waals surface area contributed by atoms with E-state index in [9.17, 15) is 4.79 Å². The second-order valence-electron chi connectivity index (χ2n) is 6.85. The highest BCUT2D eigenvalue weighted by atomic mass is 16.5. The maximum absolute atomic E-state index is 12.7. The first-order chi connectivity index (χ1) is 11.8. The molecule has 3 heteroatoms. The van der Waals surface area contributed by atoms with Crippen LogP contribution in [0.1, 0.15) is 54.1 Å². The van der Waals surface area contributed by atoms with Gasteiger partial charge in [-0.25, -0.2) is 0 Å². The maximum atomic E-state index is 12.7. The largest absolute Gasteiger partial charge is 0.481 e. The summed E-state index contributed by atoms with van der Waals surface area (Å²) in [4.78, 5) is 12.7. The first-order valence-corrected chi connectivity index (χ1v) is 8.93. The van der Waals surface area contributed by atoms with E-state index in [0.29, 0.717) is 6.42 Å². The van der Waals surface area contributed by atoms with Crippen LogP contribution >= 0.6 is 0 Å². The molecule has 2 atom stereocenters. The predicted molar refractivity (Wildman–Crippen MR) is 103 cm³/mol. The van der Waals surface area contributed by atoms with Crippen molar-refractivity contribution in [3.8, 4) is 5.75 Å². The Morgan fingerprint density at radius 1 is 1.00 bits per heavy atom. The summed E-state index contributed by atoms with van der Waals surface area (Å²) in [5.74, 6) is 0.665. The van der Waals surface area contributed by atoms with Gasteiger partial charge < -0.3 is 10.1 Å². The van der Waals surface area contributed by atoms with E-state index >= 15 is 0 Å². The zero-order valence-corrected chi connectivity index (χ0v) is 16.1. The lowest BCUT2D eigenvalue weighted by atomic mass is 10.00. The maximum Gasteiger partial charge on any atom is 0.261 e. The minimum Gasteiger partial charge on any atom is -0.481 e. The highest BCUT2D eigenvalue weighted by Crippen LogP contribution is 2.21. The van der Waals surface area contributed by atoms with Crippen LogP contribution in [0.3, 0.4) is 0 Å². The number of aryl methyl sites for hydroxylation is 4. The fourth-order valence-electron chi connectivity index (χ4n) is 2.88. The van der Waals surface area contributed by atoms with E-state index in [0.717, 1.165) is 16.9 Å². The Kier molecular flexibility index (Phi) is 6.24. The van der Waals surface area contributed by atoms with Gasteiger partial charge in [-0.1, -0.05) is 36.8 Å². The number of amides is 1. The molecule has 2 rings (SSSR count). The molecule has 0 saturated heterocycles. The Morgan fingerprint density at radius 2 is 1.68 bits per heavy atom. The summed E-state index contributed by atoms with van der Waals surface area (Å²) < 4.78 is 5.94. The Bertz CT molecular complexity index is 752. The quantitative estimate of drug-likeness (QED) is 0.808. The minimum absolute atomic E-state index is 0.0511. The molecule has 0 spiro atoms. The number of hydrogen-bond acceptors (Lipinski definition) is 2. The summed E-state index contributed by atoms with van der Waals surface area (Å²) in [5, 5.41) is 3.10. The molecular formula is C22H29NO2. The molecule has 0 fully saturated rings. The average Bonchev–Trinajstić information content (AvgIpc) is 2.57. The van der Waals surface area contributed by atoms with Crippen LogP contribution in [-0.4, -0.2) is 12.0 Å². The van der Waals surface area contributed by atoms with Crippen molar-refractivity contribution in [2.45, 2.75) is 60.1 Å². The Labute approximate surface area is 151 Å². The summed E-state index contributed by atoms with van der Waals surface area (Å²) in [6.07, 6.45) is 0.132. The van der Waals surface area contributed by atoms with Crippen molar-refractivity contribution in [2.75, 3.05) is 0 Å². The van der Waals surface area contributed by atoms with Crippen molar-refractivity contribution in [1.29, 1.82) is 0 Å². The van der Waals surface area contributed by atoms with E-state index in [1.165, 1.54) is 16.7 Å². The van der Waals surface area contributed by atoms with Gasteiger partial charge in [0.15, 0.2) is 6.10 Å². The molecule has 2 unspecified atom stereocenters. The van der Waals surface area contributed by atoms with E-state index in [4.69, 9.17) is 4.74 Å². The Hall–Kier alpha value is -2.29. The molecule has 134 valence electrons. The molecule has 0 aliphatic rings. The third kappa shape index (κ3) is 4.85. The molecule has 0 bridgehead atoms. The molecule has 0 heterocycles. The van der Waals surface area contributed by atoms with E-state index in [-0.39, 0.29) is 11.9 Å². The highest BCUT2D eigenvalue weighted by Gasteiger charge is 2.21. The number of rotatable bonds is 6.